The SMILES string of the molecule is CCC(CC)(CN)C(=O)N1CCN(Cc2nccn2C(F)F)CC1.Cl.Cl. The molecule has 2 heterocycles. The van der Waals surface area contributed by atoms with Crippen LogP contribution in [-0.2, 0) is 11.3 Å². The lowest BCUT2D eigenvalue weighted by molar-refractivity contribution is -0.144. The van der Waals surface area contributed by atoms with Crippen molar-refractivity contribution in [3.8, 4) is 0 Å². The highest BCUT2D eigenvalue weighted by molar-refractivity contribution is 5.85. The van der Waals surface area contributed by atoms with Gasteiger partial charge in [-0.3, -0.25) is 14.3 Å². The van der Waals surface area contributed by atoms with Crippen molar-refractivity contribution in [2.75, 3.05) is 32.7 Å². The molecule has 2 rings (SSSR count). The van der Waals surface area contributed by atoms with Crippen LogP contribution in [0.3, 0.4) is 0 Å². The van der Waals surface area contributed by atoms with Crippen molar-refractivity contribution in [1.82, 2.24) is 19.4 Å². The summed E-state index contributed by atoms with van der Waals surface area (Å²) in [5, 5.41) is 0. The Hall–Kier alpha value is -0.960. The van der Waals surface area contributed by atoms with Crippen LogP contribution in [0.2, 0.25) is 0 Å². The number of rotatable bonds is 7. The van der Waals surface area contributed by atoms with Crippen LogP contribution in [0.1, 0.15) is 39.1 Å². The highest BCUT2D eigenvalue weighted by Crippen LogP contribution is 2.28. The number of nitrogens with two attached hydrogens (primary N) is 1. The van der Waals surface area contributed by atoms with Gasteiger partial charge in [0.25, 0.3) is 0 Å². The maximum absolute atomic E-state index is 12.9. The second kappa shape index (κ2) is 11.0. The lowest BCUT2D eigenvalue weighted by Crippen LogP contribution is -2.54. The van der Waals surface area contributed by atoms with Gasteiger partial charge < -0.3 is 10.6 Å². The van der Waals surface area contributed by atoms with Gasteiger partial charge in [0, 0.05) is 45.1 Å². The molecule has 1 saturated heterocycles. The summed E-state index contributed by atoms with van der Waals surface area (Å²) in [6.45, 7) is 4.61. The van der Waals surface area contributed by atoms with E-state index in [4.69, 9.17) is 5.73 Å². The molecule has 152 valence electrons. The number of carbonyl (C=O) groups is 1. The predicted octanol–water partition coefficient (Wildman–Crippen LogP) is 2.53. The number of alkyl halides is 2. The van der Waals surface area contributed by atoms with Gasteiger partial charge in [-0.25, -0.2) is 4.98 Å². The van der Waals surface area contributed by atoms with E-state index in [0.29, 0.717) is 45.1 Å². The van der Waals surface area contributed by atoms with E-state index in [1.807, 2.05) is 23.6 Å². The Kier molecular flexibility index (Phi) is 10.6. The average molecular weight is 416 g/mol. The van der Waals surface area contributed by atoms with Crippen molar-refractivity contribution in [2.45, 2.75) is 39.8 Å². The highest BCUT2D eigenvalue weighted by atomic mass is 35.5. The third-order valence-corrected chi connectivity index (χ3v) is 5.18. The third kappa shape index (κ3) is 5.28. The van der Waals surface area contributed by atoms with Crippen molar-refractivity contribution >= 4 is 30.7 Å². The van der Waals surface area contributed by atoms with Gasteiger partial charge in [0.1, 0.15) is 5.82 Å². The summed E-state index contributed by atoms with van der Waals surface area (Å²) in [6.07, 6.45) is 4.13. The molecule has 0 bridgehead atoms. The Balaban J connectivity index is 0.00000312. The van der Waals surface area contributed by atoms with Crippen LogP contribution >= 0.6 is 24.8 Å². The van der Waals surface area contributed by atoms with Crippen LogP contribution in [0.15, 0.2) is 12.4 Å². The molecule has 26 heavy (non-hydrogen) atoms. The first kappa shape index (κ1) is 25.0. The summed E-state index contributed by atoms with van der Waals surface area (Å²) in [4.78, 5) is 20.7. The minimum atomic E-state index is -2.58. The largest absolute Gasteiger partial charge is 0.340 e. The number of hydrogen-bond acceptors (Lipinski definition) is 4. The number of imidazole rings is 1. The van der Waals surface area contributed by atoms with E-state index in [-0.39, 0.29) is 30.7 Å². The van der Waals surface area contributed by atoms with E-state index in [1.165, 1.54) is 12.4 Å². The number of piperazine rings is 1. The lowest BCUT2D eigenvalue weighted by atomic mass is 9.81. The smallest absolute Gasteiger partial charge is 0.319 e. The Morgan fingerprint density at radius 1 is 1.23 bits per heavy atom. The fourth-order valence-corrected chi connectivity index (χ4v) is 3.22. The summed E-state index contributed by atoms with van der Waals surface area (Å²) in [7, 11) is 0. The third-order valence-electron chi connectivity index (χ3n) is 5.18. The second-order valence-electron chi connectivity index (χ2n) is 6.29. The Bertz CT molecular complexity index is 538. The molecule has 1 aromatic heterocycles. The molecular formula is C16H29Cl2F2N5O. The maximum atomic E-state index is 12.9. The number of amides is 1. The van der Waals surface area contributed by atoms with Crippen molar-refractivity contribution in [3.05, 3.63) is 18.2 Å². The minimum Gasteiger partial charge on any atom is -0.340 e. The molecular weight excluding hydrogens is 387 g/mol. The van der Waals surface area contributed by atoms with Gasteiger partial charge in [-0.1, -0.05) is 13.8 Å². The van der Waals surface area contributed by atoms with E-state index in [2.05, 4.69) is 4.98 Å². The number of hydrogen-bond donors (Lipinski definition) is 1. The van der Waals surface area contributed by atoms with E-state index in [9.17, 15) is 13.6 Å². The zero-order valence-electron chi connectivity index (χ0n) is 15.2. The number of halogens is 4. The average Bonchev–Trinajstić information content (AvgIpc) is 3.06. The van der Waals surface area contributed by atoms with Crippen molar-refractivity contribution in [3.63, 3.8) is 0 Å². The first-order valence-corrected chi connectivity index (χ1v) is 8.49. The molecule has 1 aliphatic rings. The zero-order valence-corrected chi connectivity index (χ0v) is 16.9. The molecule has 6 nitrogen and oxygen atoms in total. The number of nitrogens with zero attached hydrogens (tertiary/aromatic N) is 4. The van der Waals surface area contributed by atoms with Crippen LogP contribution in [0.4, 0.5) is 8.78 Å². The Labute approximate surface area is 165 Å². The Morgan fingerprint density at radius 2 is 1.81 bits per heavy atom. The second-order valence-corrected chi connectivity index (χ2v) is 6.29. The normalized spacial score (nSPS) is 15.5. The van der Waals surface area contributed by atoms with E-state index in [0.717, 1.165) is 17.4 Å². The molecule has 0 radical (unpaired) electrons. The molecule has 0 spiro atoms. The summed E-state index contributed by atoms with van der Waals surface area (Å²) < 4.78 is 26.6. The van der Waals surface area contributed by atoms with E-state index >= 15 is 0 Å². The van der Waals surface area contributed by atoms with Gasteiger partial charge in [-0.05, 0) is 12.8 Å². The highest BCUT2D eigenvalue weighted by Gasteiger charge is 2.37. The molecule has 0 unspecified atom stereocenters. The lowest BCUT2D eigenvalue weighted by Gasteiger charge is -2.40. The van der Waals surface area contributed by atoms with Gasteiger partial charge in [0.2, 0.25) is 5.91 Å². The van der Waals surface area contributed by atoms with Crippen LogP contribution in [0, 0.1) is 5.41 Å². The summed E-state index contributed by atoms with van der Waals surface area (Å²) >= 11 is 0. The maximum Gasteiger partial charge on any atom is 0.319 e. The van der Waals surface area contributed by atoms with Crippen molar-refractivity contribution in [2.24, 2.45) is 11.1 Å². The standard InChI is InChI=1S/C16H27F2N5O.2ClH/c1-3-16(4-2,12-19)14(24)22-9-7-21(8-10-22)11-13-20-5-6-23(13)15(17)18;;/h5-6,15H,3-4,7-12,19H2,1-2H3;2*1H. The van der Waals surface area contributed by atoms with Crippen LogP contribution in [0.5, 0.6) is 0 Å². The molecule has 1 aliphatic heterocycles. The van der Waals surface area contributed by atoms with Crippen LogP contribution in [0.25, 0.3) is 0 Å². The van der Waals surface area contributed by atoms with Gasteiger partial charge >= 0.3 is 6.55 Å². The zero-order chi connectivity index (χ0) is 17.7. The topological polar surface area (TPSA) is 67.4 Å². The molecule has 2 N–H and O–H groups in total. The molecule has 0 saturated carbocycles. The summed E-state index contributed by atoms with van der Waals surface area (Å²) in [5.41, 5.74) is 5.38. The van der Waals surface area contributed by atoms with Gasteiger partial charge in [-0.15, -0.1) is 24.8 Å². The number of aromatic nitrogens is 2. The first-order chi connectivity index (χ1) is 11.5. The fraction of sp³-hybridized carbons (Fsp3) is 0.750. The van der Waals surface area contributed by atoms with Crippen LogP contribution in [-0.4, -0.2) is 58.0 Å². The van der Waals surface area contributed by atoms with Crippen molar-refractivity contribution < 1.29 is 13.6 Å². The quantitative estimate of drug-likeness (QED) is 0.742. The fourth-order valence-electron chi connectivity index (χ4n) is 3.22. The first-order valence-electron chi connectivity index (χ1n) is 8.49. The van der Waals surface area contributed by atoms with Crippen LogP contribution < -0.4 is 5.73 Å². The molecule has 1 fully saturated rings. The van der Waals surface area contributed by atoms with E-state index in [1.54, 1.807) is 0 Å². The molecule has 0 aromatic carbocycles. The Morgan fingerprint density at radius 3 is 2.27 bits per heavy atom. The van der Waals surface area contributed by atoms with Gasteiger partial charge in [-0.2, -0.15) is 8.78 Å². The number of carbonyl (C=O) groups excluding carboxylic acids is 1. The monoisotopic (exact) mass is 415 g/mol. The molecule has 1 amide bonds. The molecule has 0 atom stereocenters. The summed E-state index contributed by atoms with van der Waals surface area (Å²) in [6, 6.07) is 0. The van der Waals surface area contributed by atoms with Gasteiger partial charge in [0.15, 0.2) is 0 Å². The van der Waals surface area contributed by atoms with Gasteiger partial charge in [0.05, 0.1) is 12.0 Å². The predicted molar refractivity (Wildman–Crippen MR) is 102 cm³/mol. The molecule has 0 aliphatic carbocycles. The summed E-state index contributed by atoms with van der Waals surface area (Å²) in [5.74, 6) is 0.465. The van der Waals surface area contributed by atoms with Crippen molar-refractivity contribution in [1.29, 1.82) is 0 Å². The van der Waals surface area contributed by atoms with E-state index < -0.39 is 12.0 Å². The molecule has 10 heteroatoms. The molecule has 1 aromatic rings. The minimum absolute atomic E-state index is 0.